The molecule has 0 heterocycles. The quantitative estimate of drug-likeness (QED) is 0.0257. The van der Waals surface area contributed by atoms with Crippen molar-refractivity contribution >= 4 is 64.9 Å². The van der Waals surface area contributed by atoms with Crippen LogP contribution < -0.4 is 22.9 Å². The second-order valence-electron chi connectivity index (χ2n) is 35.5. The van der Waals surface area contributed by atoms with Crippen molar-refractivity contribution in [2.45, 2.75) is 189 Å². The van der Waals surface area contributed by atoms with Crippen molar-refractivity contribution in [1.82, 2.24) is 53.9 Å². The summed E-state index contributed by atoms with van der Waals surface area (Å²) in [6.45, 7) is 20.9. The number of nitrogens with two attached hydrogens (primary N) is 4. The average molecular weight is 1760 g/mol. The van der Waals surface area contributed by atoms with Crippen LogP contribution in [0.25, 0.3) is 0 Å². The molecule has 0 unspecified atom stereocenters. The predicted molar refractivity (Wildman–Crippen MR) is 505 cm³/mol. The van der Waals surface area contributed by atoms with Crippen LogP contribution in [0.15, 0.2) is 212 Å². The Morgan fingerprint density at radius 3 is 0.586 bits per heavy atom. The number of ketones is 1. The lowest BCUT2D eigenvalue weighted by Crippen LogP contribution is -2.54. The van der Waals surface area contributed by atoms with E-state index in [1.54, 1.807) is 53.4 Å². The first-order valence-electron chi connectivity index (χ1n) is 45.5. The number of hydrogen-bond donors (Lipinski definition) is 4. The highest BCUT2D eigenvalue weighted by Gasteiger charge is 2.40. The van der Waals surface area contributed by atoms with Crippen LogP contribution in [0.3, 0.4) is 0 Å². The van der Waals surface area contributed by atoms with Crippen LogP contribution in [-0.2, 0) is 52.7 Å². The Bertz CT molecular complexity index is 4600. The number of amides is 10. The topological polar surface area (TPSA) is 327 Å². The van der Waals surface area contributed by atoms with Gasteiger partial charge in [0.1, 0.15) is 32.7 Å². The van der Waals surface area contributed by atoms with Gasteiger partial charge in [-0.15, -0.1) is 0 Å². The molecule has 0 aliphatic heterocycles. The third-order valence-electron chi connectivity index (χ3n) is 24.3. The molecule has 7 atom stereocenters. The smallest absolute Gasteiger partial charge is 0.243 e. The minimum absolute atomic E-state index is 0.00245. The first-order chi connectivity index (χ1) is 61.1. The number of carbonyl (C=O) groups is 11. The number of hydrogen-bond acceptors (Lipinski definition) is 16. The molecule has 8 N–H and O–H groups in total. The molecule has 0 aromatic heterocycles. The van der Waals surface area contributed by atoms with E-state index in [9.17, 15) is 9.59 Å². The van der Waals surface area contributed by atoms with Gasteiger partial charge in [0, 0.05) is 43.2 Å². The average Bonchev–Trinajstić information content (AvgIpc) is 1.13. The van der Waals surface area contributed by atoms with Crippen molar-refractivity contribution in [3.05, 3.63) is 251 Å². The second kappa shape index (κ2) is 52.2. The number of unbranched alkanes of at least 4 members (excludes halogenated alkanes) is 4. The molecule has 0 bridgehead atoms. The van der Waals surface area contributed by atoms with E-state index in [-0.39, 0.29) is 83.2 Å². The summed E-state index contributed by atoms with van der Waals surface area (Å²) in [5, 5.41) is 0. The van der Waals surface area contributed by atoms with E-state index in [4.69, 9.17) is 22.9 Å². The molecule has 0 radical (unpaired) electrons. The maximum absolute atomic E-state index is 16.0. The van der Waals surface area contributed by atoms with Crippen molar-refractivity contribution in [3.8, 4) is 0 Å². The number of Topliss-reactive ketones (excluding diaryl/α,β-unsaturated/α-hetero) is 1. The SMILES string of the molecule is C[C@@H](c1ccccc1)N(CC(=O)N(CCCCN)CC(=O)N(CC(=O)N(CC(=O)C(C)(C)C)[C@@H](C)c1ccccc1)[C@@H](C)c1ccccc1)C(=O)CN(CCCCN)C(=O)CN(C(=O)CN(C(=O)CN(CCCCN)C(=O)CN(C(=O)CN(CCCCN)C(=O)CN([C@@H](C)c1ccccc1)C(C)(C)C)[C@@H](C)c1ccccc1)[C@@H](C)c1ccccc1)[C@@H](C)c1ccccc1. The van der Waals surface area contributed by atoms with Gasteiger partial charge in [-0.25, -0.2) is 0 Å². The summed E-state index contributed by atoms with van der Waals surface area (Å²) >= 11 is 0. The molecule has 692 valence electrons. The van der Waals surface area contributed by atoms with Crippen molar-refractivity contribution < 1.29 is 52.7 Å². The molecular formula is C102H143N15O11. The Hall–Kier alpha value is -11.3. The van der Waals surface area contributed by atoms with Gasteiger partial charge in [-0.3, -0.25) is 57.6 Å². The van der Waals surface area contributed by atoms with Crippen molar-refractivity contribution in [3.63, 3.8) is 0 Å². The molecule has 0 spiro atoms. The zero-order valence-electron chi connectivity index (χ0n) is 78.1. The normalized spacial score (nSPS) is 13.1. The van der Waals surface area contributed by atoms with Crippen LogP contribution >= 0.6 is 0 Å². The fourth-order valence-corrected chi connectivity index (χ4v) is 15.8. The number of rotatable bonds is 52. The van der Waals surface area contributed by atoms with Crippen molar-refractivity contribution in [2.24, 2.45) is 28.3 Å². The highest BCUT2D eigenvalue weighted by Crippen LogP contribution is 2.33. The maximum atomic E-state index is 16.0. The monoisotopic (exact) mass is 1750 g/mol. The fraction of sp³-hybridized carbons (Fsp3) is 0.480. The lowest BCUT2D eigenvalue weighted by atomic mass is 9.90. The summed E-state index contributed by atoms with van der Waals surface area (Å²) in [7, 11) is 0. The van der Waals surface area contributed by atoms with Crippen LogP contribution in [0.2, 0.25) is 0 Å². The Balaban J connectivity index is 1.22. The summed E-state index contributed by atoms with van der Waals surface area (Å²) in [5.74, 6) is -5.73. The number of nitrogens with zero attached hydrogens (tertiary/aromatic N) is 11. The Kier molecular flexibility index (Phi) is 42.4. The third-order valence-corrected chi connectivity index (χ3v) is 24.3. The van der Waals surface area contributed by atoms with Crippen LogP contribution in [0.4, 0.5) is 0 Å². The van der Waals surface area contributed by atoms with Gasteiger partial charge in [0.05, 0.1) is 75.5 Å². The molecule has 0 fully saturated rings. The Morgan fingerprint density at radius 2 is 0.398 bits per heavy atom. The second-order valence-corrected chi connectivity index (χ2v) is 35.5. The molecule has 10 amide bonds. The molecule has 0 saturated carbocycles. The van der Waals surface area contributed by atoms with Gasteiger partial charge in [0.25, 0.3) is 0 Å². The van der Waals surface area contributed by atoms with Gasteiger partial charge in [-0.1, -0.05) is 233 Å². The summed E-state index contributed by atoms with van der Waals surface area (Å²) in [4.78, 5) is 186. The minimum Gasteiger partial charge on any atom is -0.332 e. The van der Waals surface area contributed by atoms with E-state index >= 15 is 43.2 Å². The van der Waals surface area contributed by atoms with Crippen molar-refractivity contribution in [2.75, 3.05) is 124 Å². The van der Waals surface area contributed by atoms with E-state index in [1.807, 2.05) is 247 Å². The van der Waals surface area contributed by atoms with Crippen LogP contribution in [0, 0.1) is 5.41 Å². The molecule has 128 heavy (non-hydrogen) atoms. The highest BCUT2D eigenvalue weighted by molar-refractivity contribution is 5.96. The third kappa shape index (κ3) is 31.6. The molecule has 7 rings (SSSR count). The maximum Gasteiger partial charge on any atom is 0.243 e. The van der Waals surface area contributed by atoms with E-state index in [1.165, 1.54) is 44.1 Å². The van der Waals surface area contributed by atoms with Gasteiger partial charge in [-0.2, -0.15) is 0 Å². The van der Waals surface area contributed by atoms with Crippen molar-refractivity contribution in [1.29, 1.82) is 0 Å². The Morgan fingerprint density at radius 1 is 0.227 bits per heavy atom. The Labute approximate surface area is 760 Å². The van der Waals surface area contributed by atoms with Gasteiger partial charge in [0.15, 0.2) is 5.78 Å². The van der Waals surface area contributed by atoms with E-state index in [2.05, 4.69) is 11.8 Å². The first-order valence-corrected chi connectivity index (χ1v) is 45.5. The molecule has 7 aromatic carbocycles. The molecule has 0 aliphatic rings. The predicted octanol–water partition coefficient (Wildman–Crippen LogP) is 12.3. The van der Waals surface area contributed by atoms with Crippen LogP contribution in [-0.4, -0.2) is 249 Å². The highest BCUT2D eigenvalue weighted by atomic mass is 16.2. The van der Waals surface area contributed by atoms with Crippen LogP contribution in [0.5, 0.6) is 0 Å². The molecule has 26 nitrogen and oxygen atoms in total. The molecular weight excluding hydrogens is 1610 g/mol. The van der Waals surface area contributed by atoms with Gasteiger partial charge in [-0.05, 0) is 186 Å². The summed E-state index contributed by atoms with van der Waals surface area (Å²) in [6, 6.07) is 60.4. The lowest BCUT2D eigenvalue weighted by Gasteiger charge is -2.41. The van der Waals surface area contributed by atoms with Crippen LogP contribution in [0.1, 0.15) is 223 Å². The molecule has 0 aliphatic carbocycles. The van der Waals surface area contributed by atoms with Gasteiger partial charge in [0.2, 0.25) is 59.1 Å². The lowest BCUT2D eigenvalue weighted by molar-refractivity contribution is -0.151. The largest absolute Gasteiger partial charge is 0.332 e. The minimum atomic E-state index is -0.829. The molecule has 26 heteroatoms. The zero-order chi connectivity index (χ0) is 93.6. The van der Waals surface area contributed by atoms with E-state index in [0.29, 0.717) is 80.2 Å². The van der Waals surface area contributed by atoms with E-state index in [0.717, 1.165) is 16.7 Å². The summed E-state index contributed by atoms with van der Waals surface area (Å²) < 4.78 is 0. The molecule has 7 aromatic rings. The van der Waals surface area contributed by atoms with Gasteiger partial charge < -0.3 is 71.9 Å². The number of carbonyl (C=O) groups excluding carboxylic acids is 11. The molecule has 0 saturated heterocycles. The fourth-order valence-electron chi connectivity index (χ4n) is 15.8. The summed E-state index contributed by atoms with van der Waals surface area (Å²) in [5.41, 5.74) is 28.3. The standard InChI is InChI=1S/C102H143N15O11/c1-76(83-43-21-14-22-44-83)111(65-90(118)101(8,9)10)99(127)73-115(80(5)87-51-29-18-30-52-87)97(125)67-108(62-40-36-58-104)91(119)70-112(77(2)84-45-23-15-24-46-84)95(123)66-107(61-39-35-57-103)93(121)72-114(79(4)86-49-27-17-28-50-86)100(128)74-116(81(6)88-53-31-19-32-54-88)98(126)68-109(63-41-37-59-105)92(120)71-113(78(3)85-47-25-16-26-48-85)96(124)69-110(64-42-38-60-106)94(122)75-117(102(11,12)13)82(7)89-55-33-20-34-56-89/h14-34,43-56,76-82H,35-42,57-75,103-106H2,1-13H3/t76-,77-,78-,79-,80-,81-,82-/m0/s1. The van der Waals surface area contributed by atoms with E-state index < -0.39 is 153 Å². The van der Waals surface area contributed by atoms with Gasteiger partial charge >= 0.3 is 0 Å². The summed E-state index contributed by atoms with van der Waals surface area (Å²) in [6.07, 6.45) is 3.61. The number of benzene rings is 7. The zero-order valence-corrected chi connectivity index (χ0v) is 78.1. The first kappa shape index (κ1) is 104.